The Bertz CT molecular complexity index is 347. The molecule has 2 unspecified atom stereocenters. The van der Waals surface area contributed by atoms with E-state index in [1.807, 2.05) is 0 Å². The maximum atomic E-state index is 12.2. The lowest BCUT2D eigenvalue weighted by atomic mass is 10.2. The number of thioether (sulfide) groups is 1. The van der Waals surface area contributed by atoms with Gasteiger partial charge in [0.2, 0.25) is 0 Å². The molecule has 0 bridgehead atoms. The van der Waals surface area contributed by atoms with Crippen molar-refractivity contribution in [3.63, 3.8) is 0 Å². The minimum Gasteiger partial charge on any atom is -0.480 e. The molecule has 0 aromatic rings. The van der Waals surface area contributed by atoms with E-state index < -0.39 is 5.97 Å². The van der Waals surface area contributed by atoms with Crippen molar-refractivity contribution in [3.05, 3.63) is 0 Å². The Morgan fingerprint density at radius 2 is 2.05 bits per heavy atom. The summed E-state index contributed by atoms with van der Waals surface area (Å²) in [6.07, 6.45) is 7.56. The second-order valence-corrected chi connectivity index (χ2v) is 6.56. The van der Waals surface area contributed by atoms with Crippen LogP contribution < -0.4 is 5.32 Å². The largest absolute Gasteiger partial charge is 0.480 e. The minimum absolute atomic E-state index is 0.193. The van der Waals surface area contributed by atoms with Gasteiger partial charge in [-0.3, -0.25) is 4.79 Å². The van der Waals surface area contributed by atoms with Crippen molar-refractivity contribution in [2.45, 2.75) is 43.4 Å². The molecule has 0 saturated heterocycles. The van der Waals surface area contributed by atoms with Gasteiger partial charge >= 0.3 is 12.0 Å². The molecular formula is C13H22N2O3S. The highest BCUT2D eigenvalue weighted by Crippen LogP contribution is 2.30. The first kappa shape index (κ1) is 14.5. The molecule has 0 spiro atoms. The molecule has 2 atom stereocenters. The summed E-state index contributed by atoms with van der Waals surface area (Å²) in [7, 11) is 0. The van der Waals surface area contributed by atoms with Crippen molar-refractivity contribution in [2.75, 3.05) is 19.3 Å². The van der Waals surface area contributed by atoms with E-state index in [9.17, 15) is 9.59 Å². The predicted molar refractivity (Wildman–Crippen MR) is 75.4 cm³/mol. The third-order valence-electron chi connectivity index (χ3n) is 3.85. The smallest absolute Gasteiger partial charge is 0.323 e. The highest BCUT2D eigenvalue weighted by molar-refractivity contribution is 7.99. The van der Waals surface area contributed by atoms with Crippen molar-refractivity contribution in [1.82, 2.24) is 10.2 Å². The van der Waals surface area contributed by atoms with Crippen molar-refractivity contribution >= 4 is 23.8 Å². The minimum atomic E-state index is -0.941. The van der Waals surface area contributed by atoms with Crippen molar-refractivity contribution in [1.29, 1.82) is 0 Å². The Balaban J connectivity index is 1.88. The zero-order chi connectivity index (χ0) is 13.8. The number of aliphatic carboxylic acids is 1. The molecule has 0 aromatic carbocycles. The van der Waals surface area contributed by atoms with E-state index in [4.69, 9.17) is 5.11 Å². The first-order chi connectivity index (χ1) is 9.10. The summed E-state index contributed by atoms with van der Waals surface area (Å²) in [6, 6.07) is -0.0155. The van der Waals surface area contributed by atoms with E-state index in [0.717, 1.165) is 32.1 Å². The number of nitrogens with one attached hydrogen (secondary N) is 1. The topological polar surface area (TPSA) is 69.6 Å². The fourth-order valence-corrected chi connectivity index (χ4v) is 3.55. The van der Waals surface area contributed by atoms with Crippen LogP contribution in [-0.2, 0) is 4.79 Å². The van der Waals surface area contributed by atoms with Gasteiger partial charge in [-0.15, -0.1) is 0 Å². The lowest BCUT2D eigenvalue weighted by Gasteiger charge is -2.25. The highest BCUT2D eigenvalue weighted by Gasteiger charge is 2.32. The van der Waals surface area contributed by atoms with E-state index in [0.29, 0.717) is 17.7 Å². The second-order valence-electron chi connectivity index (χ2n) is 5.48. The molecule has 0 heterocycles. The van der Waals surface area contributed by atoms with Gasteiger partial charge in [0.05, 0.1) is 0 Å². The van der Waals surface area contributed by atoms with Crippen LogP contribution in [0.25, 0.3) is 0 Å². The number of carbonyl (C=O) groups is 2. The van der Waals surface area contributed by atoms with Gasteiger partial charge in [0, 0.05) is 17.8 Å². The van der Waals surface area contributed by atoms with Gasteiger partial charge < -0.3 is 15.3 Å². The number of amides is 2. The molecule has 2 amide bonds. The third-order valence-corrected chi connectivity index (χ3v) is 5.02. The van der Waals surface area contributed by atoms with Crippen LogP contribution in [0, 0.1) is 5.92 Å². The molecule has 6 heteroatoms. The van der Waals surface area contributed by atoms with Gasteiger partial charge in [-0.05, 0) is 37.9 Å². The highest BCUT2D eigenvalue weighted by atomic mass is 32.2. The molecule has 2 rings (SSSR count). The summed E-state index contributed by atoms with van der Waals surface area (Å²) in [5.74, 6) is -0.436. The number of urea groups is 1. The molecule has 2 aliphatic rings. The van der Waals surface area contributed by atoms with E-state index in [-0.39, 0.29) is 18.6 Å². The molecule has 108 valence electrons. The molecule has 2 saturated carbocycles. The summed E-state index contributed by atoms with van der Waals surface area (Å²) in [4.78, 5) is 24.5. The average molecular weight is 286 g/mol. The summed E-state index contributed by atoms with van der Waals surface area (Å²) < 4.78 is 0. The van der Waals surface area contributed by atoms with E-state index in [1.165, 1.54) is 4.90 Å². The molecular weight excluding hydrogens is 264 g/mol. The number of carboxylic acid groups (broad SMARTS) is 1. The number of carbonyl (C=O) groups excluding carboxylic acids is 1. The molecule has 2 aliphatic carbocycles. The predicted octanol–water partition coefficient (Wildman–Crippen LogP) is 1.78. The van der Waals surface area contributed by atoms with E-state index in [1.54, 1.807) is 11.8 Å². The number of nitrogens with zero attached hydrogens (tertiary/aromatic N) is 1. The number of rotatable bonds is 6. The van der Waals surface area contributed by atoms with Crippen LogP contribution in [0.1, 0.15) is 32.1 Å². The Morgan fingerprint density at radius 3 is 2.63 bits per heavy atom. The Hall–Kier alpha value is -0.910. The monoisotopic (exact) mass is 286 g/mol. The summed E-state index contributed by atoms with van der Waals surface area (Å²) in [6.45, 7) is 0.383. The molecule has 0 radical (unpaired) electrons. The van der Waals surface area contributed by atoms with Gasteiger partial charge in [0.1, 0.15) is 6.54 Å². The van der Waals surface area contributed by atoms with E-state index in [2.05, 4.69) is 11.6 Å². The molecule has 0 aliphatic heterocycles. The van der Waals surface area contributed by atoms with Crippen LogP contribution in [0.5, 0.6) is 0 Å². The quantitative estimate of drug-likeness (QED) is 0.781. The third kappa shape index (κ3) is 4.30. The summed E-state index contributed by atoms with van der Waals surface area (Å²) in [5, 5.41) is 12.4. The molecule has 2 N–H and O–H groups in total. The normalized spacial score (nSPS) is 26.2. The van der Waals surface area contributed by atoms with Crippen LogP contribution in [0.2, 0.25) is 0 Å². The average Bonchev–Trinajstić information content (AvgIpc) is 3.06. The van der Waals surface area contributed by atoms with Crippen LogP contribution in [-0.4, -0.2) is 52.6 Å². The zero-order valence-corrected chi connectivity index (χ0v) is 12.1. The van der Waals surface area contributed by atoms with Gasteiger partial charge in [0.15, 0.2) is 0 Å². The fourth-order valence-electron chi connectivity index (χ4n) is 2.62. The maximum Gasteiger partial charge on any atom is 0.323 e. The Kier molecular flexibility index (Phi) is 4.96. The fraction of sp³-hybridized carbons (Fsp3) is 0.846. The van der Waals surface area contributed by atoms with Crippen molar-refractivity contribution in [2.24, 2.45) is 5.92 Å². The van der Waals surface area contributed by atoms with Crippen LogP contribution in [0.15, 0.2) is 0 Å². The summed E-state index contributed by atoms with van der Waals surface area (Å²) >= 11 is 1.78. The van der Waals surface area contributed by atoms with Gasteiger partial charge in [0.25, 0.3) is 0 Å². The van der Waals surface area contributed by atoms with Gasteiger partial charge in [-0.25, -0.2) is 4.79 Å². The van der Waals surface area contributed by atoms with E-state index >= 15 is 0 Å². The molecule has 0 aromatic heterocycles. The summed E-state index contributed by atoms with van der Waals surface area (Å²) in [5.41, 5.74) is 0. The second kappa shape index (κ2) is 6.50. The Morgan fingerprint density at radius 1 is 1.32 bits per heavy atom. The zero-order valence-electron chi connectivity index (χ0n) is 11.3. The van der Waals surface area contributed by atoms with Crippen LogP contribution in [0.3, 0.4) is 0 Å². The van der Waals surface area contributed by atoms with Crippen LogP contribution >= 0.6 is 11.8 Å². The molecule has 19 heavy (non-hydrogen) atoms. The SMILES string of the molecule is CSC1CCCC1NC(=O)N(CC(=O)O)CC1CC1. The standard InChI is InChI=1S/C13H22N2O3S/c1-19-11-4-2-3-10(11)14-13(18)15(8-12(16)17)7-9-5-6-9/h9-11H,2-8H2,1H3,(H,14,18)(H,16,17). The molecule has 5 nitrogen and oxygen atoms in total. The van der Waals surface area contributed by atoms with Gasteiger partial charge in [-0.2, -0.15) is 11.8 Å². The maximum absolute atomic E-state index is 12.2. The lowest BCUT2D eigenvalue weighted by molar-refractivity contribution is -0.137. The Labute approximate surface area is 118 Å². The van der Waals surface area contributed by atoms with Crippen molar-refractivity contribution in [3.8, 4) is 0 Å². The lowest BCUT2D eigenvalue weighted by Crippen LogP contribution is -2.49. The van der Waals surface area contributed by atoms with Crippen LogP contribution in [0.4, 0.5) is 4.79 Å². The first-order valence-corrected chi connectivity index (χ1v) is 8.19. The van der Waals surface area contributed by atoms with Crippen molar-refractivity contribution < 1.29 is 14.7 Å². The number of hydrogen-bond donors (Lipinski definition) is 2. The first-order valence-electron chi connectivity index (χ1n) is 6.90. The number of hydrogen-bond acceptors (Lipinski definition) is 3. The van der Waals surface area contributed by atoms with Gasteiger partial charge in [-0.1, -0.05) is 6.42 Å². The number of carboxylic acids is 1. The molecule has 2 fully saturated rings.